The first-order valence-electron chi connectivity index (χ1n) is 10.1. The molecule has 0 saturated carbocycles. The van der Waals surface area contributed by atoms with Crippen molar-refractivity contribution in [1.29, 1.82) is 0 Å². The minimum Gasteiger partial charge on any atom is -0.495 e. The summed E-state index contributed by atoms with van der Waals surface area (Å²) in [7, 11) is -2.12. The molecule has 0 bridgehead atoms. The fourth-order valence-electron chi connectivity index (χ4n) is 3.92. The Balaban J connectivity index is 1.48. The standard InChI is InChI=1S/C20H26ClN5O3S/c1-15-22-19(24-7-3-4-8-24)14-20(23-15)25-9-11-26(12-10-25)30(27,28)16-5-6-18(29-2)17(21)13-16/h5-6,13-14H,3-4,7-12H2,1-2H3. The third-order valence-corrected chi connectivity index (χ3v) is 7.75. The molecule has 1 aromatic carbocycles. The molecule has 0 amide bonds. The van der Waals surface area contributed by atoms with E-state index < -0.39 is 10.0 Å². The van der Waals surface area contributed by atoms with Crippen molar-refractivity contribution in [2.24, 2.45) is 0 Å². The van der Waals surface area contributed by atoms with Crippen LogP contribution in [0.1, 0.15) is 18.7 Å². The van der Waals surface area contributed by atoms with Crippen LogP contribution in [0.5, 0.6) is 5.75 Å². The largest absolute Gasteiger partial charge is 0.495 e. The molecule has 0 N–H and O–H groups in total. The summed E-state index contributed by atoms with van der Waals surface area (Å²) < 4.78 is 32.7. The van der Waals surface area contributed by atoms with Crippen LogP contribution in [0.4, 0.5) is 11.6 Å². The number of aryl methyl sites for hydroxylation is 1. The van der Waals surface area contributed by atoms with Gasteiger partial charge in [-0.25, -0.2) is 18.4 Å². The fourth-order valence-corrected chi connectivity index (χ4v) is 5.69. The van der Waals surface area contributed by atoms with Gasteiger partial charge in [0.25, 0.3) is 0 Å². The van der Waals surface area contributed by atoms with Crippen LogP contribution >= 0.6 is 11.6 Å². The summed E-state index contributed by atoms with van der Waals surface area (Å²) in [6.07, 6.45) is 2.37. The number of hydrogen-bond donors (Lipinski definition) is 0. The van der Waals surface area contributed by atoms with E-state index in [0.29, 0.717) is 31.9 Å². The van der Waals surface area contributed by atoms with Crippen molar-refractivity contribution in [3.05, 3.63) is 35.1 Å². The number of aromatic nitrogens is 2. The number of methoxy groups -OCH3 is 1. The van der Waals surface area contributed by atoms with E-state index in [0.717, 1.165) is 30.5 Å². The van der Waals surface area contributed by atoms with Gasteiger partial charge in [-0.05, 0) is 38.0 Å². The summed E-state index contributed by atoms with van der Waals surface area (Å²) >= 11 is 6.13. The molecule has 3 heterocycles. The minimum absolute atomic E-state index is 0.177. The van der Waals surface area contributed by atoms with Crippen molar-refractivity contribution in [3.8, 4) is 5.75 Å². The second-order valence-corrected chi connectivity index (χ2v) is 9.86. The quantitative estimate of drug-likeness (QED) is 0.691. The maximum atomic E-state index is 13.0. The molecule has 2 aliphatic heterocycles. The van der Waals surface area contributed by atoms with Crippen LogP contribution in [0.25, 0.3) is 0 Å². The fraction of sp³-hybridized carbons (Fsp3) is 0.500. The number of hydrogen-bond acceptors (Lipinski definition) is 7. The molecule has 2 aromatic rings. The van der Waals surface area contributed by atoms with Crippen LogP contribution in [0.15, 0.2) is 29.2 Å². The molecule has 1 aromatic heterocycles. The zero-order chi connectivity index (χ0) is 21.3. The van der Waals surface area contributed by atoms with Gasteiger partial charge in [-0.2, -0.15) is 4.31 Å². The maximum absolute atomic E-state index is 13.0. The highest BCUT2D eigenvalue weighted by molar-refractivity contribution is 7.89. The van der Waals surface area contributed by atoms with E-state index in [4.69, 9.17) is 16.3 Å². The summed E-state index contributed by atoms with van der Waals surface area (Å²) in [6.45, 7) is 5.84. The topological polar surface area (TPSA) is 78.9 Å². The molecule has 0 spiro atoms. The van der Waals surface area contributed by atoms with E-state index in [-0.39, 0.29) is 9.92 Å². The Morgan fingerprint density at radius 3 is 2.10 bits per heavy atom. The van der Waals surface area contributed by atoms with Gasteiger partial charge in [-0.3, -0.25) is 0 Å². The predicted octanol–water partition coefficient (Wildman–Crippen LogP) is 2.56. The van der Waals surface area contributed by atoms with Crippen LogP contribution in [0, 0.1) is 6.92 Å². The number of benzene rings is 1. The van der Waals surface area contributed by atoms with Gasteiger partial charge in [0.2, 0.25) is 10.0 Å². The van der Waals surface area contributed by atoms with Gasteiger partial charge < -0.3 is 14.5 Å². The Bertz CT molecular complexity index is 1020. The SMILES string of the molecule is COc1ccc(S(=O)(=O)N2CCN(c3cc(N4CCCC4)nc(C)n3)CC2)cc1Cl. The van der Waals surface area contributed by atoms with Gasteiger partial charge in [-0.1, -0.05) is 11.6 Å². The van der Waals surface area contributed by atoms with Gasteiger partial charge in [0.05, 0.1) is 17.0 Å². The monoisotopic (exact) mass is 451 g/mol. The second-order valence-electron chi connectivity index (χ2n) is 7.51. The lowest BCUT2D eigenvalue weighted by Gasteiger charge is -2.35. The number of ether oxygens (including phenoxy) is 1. The molecule has 8 nitrogen and oxygen atoms in total. The Morgan fingerprint density at radius 2 is 1.53 bits per heavy atom. The molecule has 2 fully saturated rings. The zero-order valence-corrected chi connectivity index (χ0v) is 18.8. The molecule has 30 heavy (non-hydrogen) atoms. The van der Waals surface area contributed by atoms with Crippen LogP contribution in [-0.2, 0) is 10.0 Å². The Morgan fingerprint density at radius 1 is 0.933 bits per heavy atom. The van der Waals surface area contributed by atoms with Crippen molar-refractivity contribution in [1.82, 2.24) is 14.3 Å². The van der Waals surface area contributed by atoms with E-state index in [1.165, 1.54) is 36.4 Å². The number of nitrogens with zero attached hydrogens (tertiary/aromatic N) is 5. The predicted molar refractivity (Wildman–Crippen MR) is 117 cm³/mol. The molecule has 2 saturated heterocycles. The van der Waals surface area contributed by atoms with Crippen molar-refractivity contribution < 1.29 is 13.2 Å². The van der Waals surface area contributed by atoms with Crippen LogP contribution in [0.3, 0.4) is 0 Å². The first kappa shape index (κ1) is 21.1. The summed E-state index contributed by atoms with van der Waals surface area (Å²) in [5.74, 6) is 3.00. The number of anilines is 2. The third kappa shape index (κ3) is 4.19. The van der Waals surface area contributed by atoms with Crippen molar-refractivity contribution in [2.45, 2.75) is 24.7 Å². The first-order valence-corrected chi connectivity index (χ1v) is 11.9. The second kappa shape index (κ2) is 8.56. The number of halogens is 1. The van der Waals surface area contributed by atoms with Gasteiger partial charge in [-0.15, -0.1) is 0 Å². The van der Waals surface area contributed by atoms with Gasteiger partial charge >= 0.3 is 0 Å². The molecular weight excluding hydrogens is 426 g/mol. The van der Waals surface area contributed by atoms with Crippen molar-refractivity contribution in [2.75, 3.05) is 56.2 Å². The highest BCUT2D eigenvalue weighted by atomic mass is 35.5. The Kier molecular flexibility index (Phi) is 6.04. The molecule has 2 aliphatic rings. The highest BCUT2D eigenvalue weighted by Crippen LogP contribution is 2.29. The summed E-state index contributed by atoms with van der Waals surface area (Å²) in [6, 6.07) is 6.57. The van der Waals surface area contributed by atoms with E-state index in [1.54, 1.807) is 6.07 Å². The number of sulfonamides is 1. The first-order chi connectivity index (χ1) is 14.4. The number of rotatable bonds is 5. The average molecular weight is 452 g/mol. The summed E-state index contributed by atoms with van der Waals surface area (Å²) in [5.41, 5.74) is 0. The lowest BCUT2D eigenvalue weighted by Crippen LogP contribution is -2.49. The van der Waals surface area contributed by atoms with Crippen LogP contribution < -0.4 is 14.5 Å². The van der Waals surface area contributed by atoms with Crippen LogP contribution in [-0.4, -0.2) is 69.1 Å². The van der Waals surface area contributed by atoms with E-state index in [1.807, 2.05) is 13.0 Å². The molecule has 0 atom stereocenters. The minimum atomic E-state index is -3.62. The zero-order valence-electron chi connectivity index (χ0n) is 17.2. The van der Waals surface area contributed by atoms with Gasteiger partial charge in [0, 0.05) is 45.3 Å². The van der Waals surface area contributed by atoms with E-state index in [2.05, 4.69) is 19.8 Å². The lowest BCUT2D eigenvalue weighted by atomic mass is 10.3. The smallest absolute Gasteiger partial charge is 0.243 e. The third-order valence-electron chi connectivity index (χ3n) is 5.56. The van der Waals surface area contributed by atoms with Crippen LogP contribution in [0.2, 0.25) is 5.02 Å². The number of piperazine rings is 1. The molecule has 0 aliphatic carbocycles. The normalized spacial score (nSPS) is 18.1. The lowest BCUT2D eigenvalue weighted by molar-refractivity contribution is 0.383. The molecular formula is C20H26ClN5O3S. The van der Waals surface area contributed by atoms with E-state index in [9.17, 15) is 8.42 Å². The van der Waals surface area contributed by atoms with Gasteiger partial charge in [0.1, 0.15) is 23.2 Å². The van der Waals surface area contributed by atoms with Crippen molar-refractivity contribution in [3.63, 3.8) is 0 Å². The average Bonchev–Trinajstić information content (AvgIpc) is 3.28. The molecule has 0 radical (unpaired) electrons. The van der Waals surface area contributed by atoms with Gasteiger partial charge in [0.15, 0.2) is 0 Å². The Labute approximate surface area is 182 Å². The maximum Gasteiger partial charge on any atom is 0.243 e. The molecule has 10 heteroatoms. The summed E-state index contributed by atoms with van der Waals surface area (Å²) in [5, 5.41) is 0.281. The molecule has 4 rings (SSSR count). The summed E-state index contributed by atoms with van der Waals surface area (Å²) in [4.78, 5) is 13.8. The van der Waals surface area contributed by atoms with Crippen molar-refractivity contribution >= 4 is 33.3 Å². The Hall–Kier alpha value is -2.10. The highest BCUT2D eigenvalue weighted by Gasteiger charge is 2.30. The molecule has 0 unspecified atom stereocenters. The molecule has 162 valence electrons. The van der Waals surface area contributed by atoms with E-state index >= 15 is 0 Å².